The van der Waals surface area contributed by atoms with Crippen LogP contribution in [0.1, 0.15) is 33.2 Å². The van der Waals surface area contributed by atoms with E-state index in [1.807, 2.05) is 0 Å². The summed E-state index contributed by atoms with van der Waals surface area (Å²) in [5, 5.41) is 11.7. The van der Waals surface area contributed by atoms with Gasteiger partial charge in [-0.3, -0.25) is 19.7 Å². The maximum absolute atomic E-state index is 13.1. The van der Waals surface area contributed by atoms with Crippen molar-refractivity contribution in [3.05, 3.63) is 99.6 Å². The molecule has 0 unspecified atom stereocenters. The summed E-state index contributed by atoms with van der Waals surface area (Å²) in [6.07, 6.45) is -4.55. The monoisotopic (exact) mass is 493 g/mol. The van der Waals surface area contributed by atoms with E-state index in [9.17, 15) is 32.9 Å². The van der Waals surface area contributed by atoms with Crippen LogP contribution in [0.5, 0.6) is 0 Å². The molecular weight excluding hydrogens is 475 g/mol. The van der Waals surface area contributed by atoms with Gasteiger partial charge in [-0.05, 0) is 36.2 Å². The van der Waals surface area contributed by atoms with Crippen molar-refractivity contribution < 1.29 is 27.7 Å². The number of nitro benzene ring substituents is 1. The molecule has 3 N–H and O–H groups in total. The van der Waals surface area contributed by atoms with E-state index >= 15 is 0 Å². The number of nitrogens with one attached hydrogen (secondary N) is 1. The molecular formula is C26H18F3N3O4. The van der Waals surface area contributed by atoms with Gasteiger partial charge in [0.05, 0.1) is 33.0 Å². The van der Waals surface area contributed by atoms with Crippen LogP contribution in [0.25, 0.3) is 33.6 Å². The SMILES string of the molecule is CC(=O)c1ccc(-c2c(-c3ccc(C(F)(F)F)cc3)[nH]c(-c3ccccc3[N+](=O)[O-])c2C(N)=O)cc1. The molecule has 7 nitrogen and oxygen atoms in total. The van der Waals surface area contributed by atoms with Crippen LogP contribution < -0.4 is 5.73 Å². The van der Waals surface area contributed by atoms with E-state index in [-0.39, 0.29) is 39.5 Å². The number of nitrogens with zero attached hydrogens (tertiary/aromatic N) is 1. The second-order valence-corrected chi connectivity index (χ2v) is 7.97. The van der Waals surface area contributed by atoms with Gasteiger partial charge in [0.25, 0.3) is 11.6 Å². The Labute approximate surface area is 202 Å². The molecule has 1 heterocycles. The normalized spacial score (nSPS) is 11.3. The molecule has 0 aliphatic carbocycles. The highest BCUT2D eigenvalue weighted by Crippen LogP contribution is 2.43. The fourth-order valence-electron chi connectivity index (χ4n) is 4.00. The minimum Gasteiger partial charge on any atom is -0.366 e. The lowest BCUT2D eigenvalue weighted by atomic mass is 9.94. The summed E-state index contributed by atoms with van der Waals surface area (Å²) in [6.45, 7) is 1.39. The Bertz CT molecular complexity index is 1490. The van der Waals surface area contributed by atoms with Crippen molar-refractivity contribution in [1.29, 1.82) is 0 Å². The van der Waals surface area contributed by atoms with Crippen LogP contribution in [0.3, 0.4) is 0 Å². The Morgan fingerprint density at radius 1 is 0.889 bits per heavy atom. The number of H-pyrrole nitrogens is 1. The molecule has 36 heavy (non-hydrogen) atoms. The second kappa shape index (κ2) is 9.14. The van der Waals surface area contributed by atoms with Gasteiger partial charge < -0.3 is 10.7 Å². The first-order valence-electron chi connectivity index (χ1n) is 10.6. The van der Waals surface area contributed by atoms with Gasteiger partial charge >= 0.3 is 6.18 Å². The minimum atomic E-state index is -4.55. The highest BCUT2D eigenvalue weighted by Gasteiger charge is 2.31. The van der Waals surface area contributed by atoms with E-state index < -0.39 is 22.6 Å². The number of alkyl halides is 3. The number of aromatic nitrogens is 1. The van der Waals surface area contributed by atoms with Crippen LogP contribution in [0.2, 0.25) is 0 Å². The average molecular weight is 493 g/mol. The van der Waals surface area contributed by atoms with Gasteiger partial charge in [-0.25, -0.2) is 0 Å². The number of carbonyl (C=O) groups is 2. The summed E-state index contributed by atoms with van der Waals surface area (Å²) >= 11 is 0. The zero-order valence-corrected chi connectivity index (χ0v) is 18.7. The number of halogens is 3. The lowest BCUT2D eigenvalue weighted by molar-refractivity contribution is -0.384. The van der Waals surface area contributed by atoms with Gasteiger partial charge in [0.2, 0.25) is 0 Å². The molecule has 1 amide bonds. The number of para-hydroxylation sites is 1. The maximum Gasteiger partial charge on any atom is 0.416 e. The fourth-order valence-corrected chi connectivity index (χ4v) is 4.00. The number of hydrogen-bond donors (Lipinski definition) is 2. The third-order valence-corrected chi connectivity index (χ3v) is 5.70. The lowest BCUT2D eigenvalue weighted by Crippen LogP contribution is -2.13. The fraction of sp³-hybridized carbons (Fsp3) is 0.0769. The zero-order valence-electron chi connectivity index (χ0n) is 18.7. The van der Waals surface area contributed by atoms with Gasteiger partial charge in [-0.2, -0.15) is 13.2 Å². The van der Waals surface area contributed by atoms with Crippen LogP contribution in [-0.2, 0) is 6.18 Å². The number of carbonyl (C=O) groups excluding carboxylic acids is 2. The van der Waals surface area contributed by atoms with Crippen LogP contribution in [-0.4, -0.2) is 21.6 Å². The van der Waals surface area contributed by atoms with Crippen molar-refractivity contribution >= 4 is 17.4 Å². The highest BCUT2D eigenvalue weighted by molar-refractivity contribution is 6.10. The summed E-state index contributed by atoms with van der Waals surface area (Å²) in [7, 11) is 0. The standard InChI is InChI=1S/C26H18F3N3O4/c1-14(33)15-6-8-16(9-7-15)21-22(25(30)34)24(19-4-2-3-5-20(19)32(35)36)31-23(21)17-10-12-18(13-11-17)26(27,28)29/h2-13,31H,1H3,(H2,30,34). The van der Waals surface area contributed by atoms with Crippen molar-refractivity contribution in [1.82, 2.24) is 4.98 Å². The van der Waals surface area contributed by atoms with E-state index in [4.69, 9.17) is 5.73 Å². The number of nitrogens with two attached hydrogens (primary N) is 1. The van der Waals surface area contributed by atoms with Crippen molar-refractivity contribution in [2.24, 2.45) is 5.73 Å². The van der Waals surface area contributed by atoms with Crippen LogP contribution in [0.4, 0.5) is 18.9 Å². The number of ketones is 1. The molecule has 1 aromatic heterocycles. The lowest BCUT2D eigenvalue weighted by Gasteiger charge is -2.10. The summed E-state index contributed by atoms with van der Waals surface area (Å²) in [5.41, 5.74) is 6.25. The molecule has 0 aliphatic rings. The third kappa shape index (κ3) is 4.48. The number of amides is 1. The summed E-state index contributed by atoms with van der Waals surface area (Å²) in [6, 6.07) is 16.2. The molecule has 0 saturated heterocycles. The van der Waals surface area contributed by atoms with Crippen molar-refractivity contribution in [3.63, 3.8) is 0 Å². The van der Waals surface area contributed by atoms with Crippen LogP contribution >= 0.6 is 0 Å². The minimum absolute atomic E-state index is 0.0512. The second-order valence-electron chi connectivity index (χ2n) is 7.97. The molecule has 10 heteroatoms. The summed E-state index contributed by atoms with van der Waals surface area (Å²) in [4.78, 5) is 38.5. The molecule has 4 rings (SSSR count). The Morgan fingerprint density at radius 3 is 2.00 bits per heavy atom. The van der Waals surface area contributed by atoms with E-state index in [1.165, 1.54) is 49.4 Å². The van der Waals surface area contributed by atoms with Gasteiger partial charge in [0.15, 0.2) is 5.78 Å². The van der Waals surface area contributed by atoms with Crippen LogP contribution in [0.15, 0.2) is 72.8 Å². The van der Waals surface area contributed by atoms with Gasteiger partial charge in [0, 0.05) is 17.2 Å². The Morgan fingerprint density at radius 2 is 1.47 bits per heavy atom. The highest BCUT2D eigenvalue weighted by atomic mass is 19.4. The average Bonchev–Trinajstić information content (AvgIpc) is 3.24. The molecule has 0 bridgehead atoms. The van der Waals surface area contributed by atoms with Gasteiger partial charge in [-0.15, -0.1) is 0 Å². The zero-order chi connectivity index (χ0) is 26.2. The molecule has 0 radical (unpaired) electrons. The first kappa shape index (κ1) is 24.4. The van der Waals surface area contributed by atoms with E-state index in [0.717, 1.165) is 12.1 Å². The molecule has 0 atom stereocenters. The maximum atomic E-state index is 13.1. The molecule has 0 aliphatic heterocycles. The Hall–Kier alpha value is -4.73. The van der Waals surface area contributed by atoms with Crippen molar-refractivity contribution in [2.45, 2.75) is 13.1 Å². The Kier molecular flexibility index (Phi) is 6.19. The van der Waals surface area contributed by atoms with E-state index in [2.05, 4.69) is 4.98 Å². The summed E-state index contributed by atoms with van der Waals surface area (Å²) in [5.74, 6) is -1.09. The van der Waals surface area contributed by atoms with E-state index in [0.29, 0.717) is 16.7 Å². The first-order valence-corrected chi connectivity index (χ1v) is 10.6. The predicted molar refractivity (Wildman–Crippen MR) is 127 cm³/mol. The molecule has 4 aromatic rings. The molecule has 0 saturated carbocycles. The number of aromatic amines is 1. The number of primary amides is 1. The van der Waals surface area contributed by atoms with Crippen molar-refractivity contribution in [3.8, 4) is 33.6 Å². The number of hydrogen-bond acceptors (Lipinski definition) is 4. The largest absolute Gasteiger partial charge is 0.416 e. The Balaban J connectivity index is 2.04. The predicted octanol–water partition coefficient (Wildman–Crippen LogP) is 6.24. The number of rotatable bonds is 6. The van der Waals surface area contributed by atoms with E-state index in [1.54, 1.807) is 18.2 Å². The quantitative estimate of drug-likeness (QED) is 0.188. The number of benzene rings is 3. The summed E-state index contributed by atoms with van der Waals surface area (Å²) < 4.78 is 39.4. The smallest absolute Gasteiger partial charge is 0.366 e. The number of Topliss-reactive ketones (excluding diaryl/α,β-unsaturated/α-hetero) is 1. The van der Waals surface area contributed by atoms with Crippen LogP contribution in [0, 0.1) is 10.1 Å². The topological polar surface area (TPSA) is 119 Å². The first-order chi connectivity index (χ1) is 17.0. The van der Waals surface area contributed by atoms with Crippen molar-refractivity contribution in [2.75, 3.05) is 0 Å². The van der Waals surface area contributed by atoms with Gasteiger partial charge in [-0.1, -0.05) is 48.5 Å². The molecule has 182 valence electrons. The third-order valence-electron chi connectivity index (χ3n) is 5.70. The number of nitro groups is 1. The molecule has 0 spiro atoms. The van der Waals surface area contributed by atoms with Gasteiger partial charge in [0.1, 0.15) is 0 Å². The molecule has 3 aromatic carbocycles. The molecule has 0 fully saturated rings.